The van der Waals surface area contributed by atoms with Gasteiger partial charge in [0.25, 0.3) is 0 Å². The molecule has 0 bridgehead atoms. The summed E-state index contributed by atoms with van der Waals surface area (Å²) in [6.45, 7) is 4.96. The topological polar surface area (TPSA) is 64.1 Å². The molecule has 5 nitrogen and oxygen atoms in total. The summed E-state index contributed by atoms with van der Waals surface area (Å²) in [4.78, 5) is 21.2. The summed E-state index contributed by atoms with van der Waals surface area (Å²) in [6.07, 6.45) is 0. The second kappa shape index (κ2) is 6.72. The van der Waals surface area contributed by atoms with Gasteiger partial charge >= 0.3 is 5.97 Å². The molecule has 0 aliphatic carbocycles. The van der Waals surface area contributed by atoms with Crippen molar-refractivity contribution in [1.82, 2.24) is 9.97 Å². The lowest BCUT2D eigenvalue weighted by atomic mass is 10.4. The van der Waals surface area contributed by atoms with Crippen LogP contribution in [0.3, 0.4) is 0 Å². The van der Waals surface area contributed by atoms with E-state index < -0.39 is 0 Å². The van der Waals surface area contributed by atoms with Crippen molar-refractivity contribution in [2.24, 2.45) is 0 Å². The normalized spacial score (nSPS) is 10.6. The molecule has 0 aliphatic heterocycles. The fourth-order valence-corrected chi connectivity index (χ4v) is 3.14. The van der Waals surface area contributed by atoms with Crippen LogP contribution in [-0.2, 0) is 9.53 Å². The van der Waals surface area contributed by atoms with Gasteiger partial charge < -0.3 is 10.1 Å². The number of fused-ring (bicyclic) bond motifs is 1. The summed E-state index contributed by atoms with van der Waals surface area (Å²) < 4.78 is 4.92. The number of carbonyl (C=O) groups excluding carboxylic acids is 1. The Morgan fingerprint density at radius 3 is 3.05 bits per heavy atom. The van der Waals surface area contributed by atoms with E-state index in [1.54, 1.807) is 18.3 Å². The van der Waals surface area contributed by atoms with E-state index in [1.807, 2.05) is 18.4 Å². The lowest BCUT2D eigenvalue weighted by Crippen LogP contribution is -2.07. The Morgan fingerprint density at radius 1 is 1.47 bits per heavy atom. The van der Waals surface area contributed by atoms with Crippen LogP contribution in [-0.4, -0.2) is 34.8 Å². The third-order valence-electron chi connectivity index (χ3n) is 2.26. The fourth-order valence-electron chi connectivity index (χ4n) is 1.51. The zero-order valence-electron chi connectivity index (χ0n) is 10.8. The molecule has 0 fully saturated rings. The van der Waals surface area contributed by atoms with Crippen molar-refractivity contribution in [2.45, 2.75) is 18.9 Å². The standard InChI is InChI=1S/C12H15N3O2S2/c1-3-13-12-14-10-8(5-6-18-10)11(15-12)19-7-9(16)17-4-2/h5-6H,3-4,7H2,1-2H3,(H,13,14,15). The van der Waals surface area contributed by atoms with Gasteiger partial charge in [0.1, 0.15) is 9.86 Å². The van der Waals surface area contributed by atoms with Crippen molar-refractivity contribution in [3.63, 3.8) is 0 Å². The van der Waals surface area contributed by atoms with Crippen LogP contribution in [0.1, 0.15) is 13.8 Å². The Morgan fingerprint density at radius 2 is 2.32 bits per heavy atom. The maximum absolute atomic E-state index is 11.4. The van der Waals surface area contributed by atoms with Gasteiger partial charge in [-0.15, -0.1) is 11.3 Å². The number of nitrogens with one attached hydrogen (secondary N) is 1. The second-order valence-electron chi connectivity index (χ2n) is 3.62. The molecule has 1 N–H and O–H groups in total. The smallest absolute Gasteiger partial charge is 0.316 e. The number of hydrogen-bond acceptors (Lipinski definition) is 7. The van der Waals surface area contributed by atoms with Crippen LogP contribution in [0, 0.1) is 0 Å². The number of ether oxygens (including phenoxy) is 1. The summed E-state index contributed by atoms with van der Waals surface area (Å²) in [5.41, 5.74) is 0. The predicted molar refractivity (Wildman–Crippen MR) is 78.9 cm³/mol. The molecular formula is C12H15N3O2S2. The molecule has 0 spiro atoms. The van der Waals surface area contributed by atoms with Gasteiger partial charge in [-0.2, -0.15) is 0 Å². The van der Waals surface area contributed by atoms with E-state index in [9.17, 15) is 4.79 Å². The lowest BCUT2D eigenvalue weighted by molar-refractivity contribution is -0.139. The maximum atomic E-state index is 11.4. The van der Waals surface area contributed by atoms with Crippen LogP contribution >= 0.6 is 23.1 Å². The number of thioether (sulfide) groups is 1. The van der Waals surface area contributed by atoms with E-state index in [0.29, 0.717) is 12.6 Å². The summed E-state index contributed by atoms with van der Waals surface area (Å²) in [6, 6.07) is 1.98. The average Bonchev–Trinajstić information content (AvgIpc) is 2.85. The first kappa shape index (κ1) is 14.1. The monoisotopic (exact) mass is 297 g/mol. The molecule has 7 heteroatoms. The van der Waals surface area contributed by atoms with E-state index in [2.05, 4.69) is 15.3 Å². The molecule has 102 valence electrons. The summed E-state index contributed by atoms with van der Waals surface area (Å²) in [5.74, 6) is 0.643. The van der Waals surface area contributed by atoms with Crippen LogP contribution < -0.4 is 5.32 Å². The number of anilines is 1. The van der Waals surface area contributed by atoms with E-state index in [4.69, 9.17) is 4.74 Å². The number of nitrogens with zero attached hydrogens (tertiary/aromatic N) is 2. The van der Waals surface area contributed by atoms with Crippen LogP contribution in [0.5, 0.6) is 0 Å². The number of thiophene rings is 1. The van der Waals surface area contributed by atoms with Crippen molar-refractivity contribution in [2.75, 3.05) is 24.2 Å². The van der Waals surface area contributed by atoms with Gasteiger partial charge in [-0.05, 0) is 25.3 Å². The predicted octanol–water partition coefficient (Wildman–Crippen LogP) is 2.78. The average molecular weight is 297 g/mol. The van der Waals surface area contributed by atoms with Crippen molar-refractivity contribution in [3.05, 3.63) is 11.4 Å². The second-order valence-corrected chi connectivity index (χ2v) is 5.47. The van der Waals surface area contributed by atoms with E-state index >= 15 is 0 Å². The quantitative estimate of drug-likeness (QED) is 0.502. The van der Waals surface area contributed by atoms with Gasteiger partial charge in [0, 0.05) is 11.9 Å². The Labute approximate surface area is 119 Å². The minimum atomic E-state index is -0.223. The Hall–Kier alpha value is -1.34. The summed E-state index contributed by atoms with van der Waals surface area (Å²) in [7, 11) is 0. The lowest BCUT2D eigenvalue weighted by Gasteiger charge is -2.06. The molecule has 0 saturated carbocycles. The largest absolute Gasteiger partial charge is 0.465 e. The molecule has 0 aromatic carbocycles. The first-order valence-electron chi connectivity index (χ1n) is 6.02. The van der Waals surface area contributed by atoms with Crippen molar-refractivity contribution in [1.29, 1.82) is 0 Å². The number of carbonyl (C=O) groups is 1. The Kier molecular flexibility index (Phi) is 4.98. The first-order valence-corrected chi connectivity index (χ1v) is 7.88. The highest BCUT2D eigenvalue weighted by molar-refractivity contribution is 8.00. The molecule has 2 aromatic rings. The van der Waals surface area contributed by atoms with Crippen LogP contribution in [0.25, 0.3) is 10.2 Å². The van der Waals surface area contributed by atoms with Crippen LogP contribution in [0.4, 0.5) is 5.95 Å². The van der Waals surface area contributed by atoms with Gasteiger partial charge in [0.05, 0.1) is 12.4 Å². The SMILES string of the molecule is CCNc1nc(SCC(=O)OCC)c2ccsc2n1. The van der Waals surface area contributed by atoms with Crippen molar-refractivity contribution in [3.8, 4) is 0 Å². The molecule has 2 rings (SSSR count). The van der Waals surface area contributed by atoms with Gasteiger partial charge in [-0.1, -0.05) is 11.8 Å². The van der Waals surface area contributed by atoms with E-state index in [0.717, 1.165) is 21.8 Å². The molecule has 2 heterocycles. The molecule has 0 atom stereocenters. The fraction of sp³-hybridized carbons (Fsp3) is 0.417. The van der Waals surface area contributed by atoms with Crippen LogP contribution in [0.2, 0.25) is 0 Å². The van der Waals surface area contributed by atoms with Crippen molar-refractivity contribution < 1.29 is 9.53 Å². The van der Waals surface area contributed by atoms with E-state index in [1.165, 1.54) is 11.8 Å². The zero-order chi connectivity index (χ0) is 13.7. The number of hydrogen-bond donors (Lipinski definition) is 1. The molecule has 0 amide bonds. The third-order valence-corrected chi connectivity index (χ3v) is 4.03. The molecule has 0 saturated heterocycles. The molecule has 0 unspecified atom stereocenters. The summed E-state index contributed by atoms with van der Waals surface area (Å²) in [5, 5.41) is 6.88. The Bertz CT molecular complexity index is 571. The highest BCUT2D eigenvalue weighted by atomic mass is 32.2. The molecule has 0 radical (unpaired) electrons. The number of esters is 1. The first-order chi connectivity index (χ1) is 9.24. The zero-order valence-corrected chi connectivity index (χ0v) is 12.4. The number of rotatable bonds is 6. The molecular weight excluding hydrogens is 282 g/mol. The third kappa shape index (κ3) is 3.57. The summed E-state index contributed by atoms with van der Waals surface area (Å²) >= 11 is 2.95. The van der Waals surface area contributed by atoms with E-state index in [-0.39, 0.29) is 11.7 Å². The minimum Gasteiger partial charge on any atom is -0.465 e. The van der Waals surface area contributed by atoms with Gasteiger partial charge in [0.15, 0.2) is 0 Å². The Balaban J connectivity index is 2.19. The molecule has 2 aromatic heterocycles. The number of aromatic nitrogens is 2. The van der Waals surface area contributed by atoms with Gasteiger partial charge in [-0.3, -0.25) is 4.79 Å². The van der Waals surface area contributed by atoms with Crippen LogP contribution in [0.15, 0.2) is 16.5 Å². The molecule has 19 heavy (non-hydrogen) atoms. The molecule has 0 aliphatic rings. The minimum absolute atomic E-state index is 0.223. The van der Waals surface area contributed by atoms with Crippen molar-refractivity contribution >= 4 is 45.2 Å². The van der Waals surface area contributed by atoms with Gasteiger partial charge in [0.2, 0.25) is 5.95 Å². The highest BCUT2D eigenvalue weighted by Crippen LogP contribution is 2.29. The maximum Gasteiger partial charge on any atom is 0.316 e. The highest BCUT2D eigenvalue weighted by Gasteiger charge is 2.11. The van der Waals surface area contributed by atoms with Gasteiger partial charge in [-0.25, -0.2) is 9.97 Å².